The Hall–Kier alpha value is -1.87. The van der Waals surface area contributed by atoms with E-state index < -0.39 is 6.04 Å². The number of aromatic nitrogens is 2. The van der Waals surface area contributed by atoms with Crippen molar-refractivity contribution >= 4 is 45.1 Å². The van der Waals surface area contributed by atoms with Crippen molar-refractivity contribution in [2.45, 2.75) is 32.9 Å². The average Bonchev–Trinajstić information content (AvgIpc) is 3.02. The topological polar surface area (TPSA) is 93.1 Å². The van der Waals surface area contributed by atoms with Crippen molar-refractivity contribution in [3.8, 4) is 0 Å². The molecule has 25 heavy (non-hydrogen) atoms. The van der Waals surface area contributed by atoms with Gasteiger partial charge in [-0.3, -0.25) is 19.0 Å². The van der Waals surface area contributed by atoms with Gasteiger partial charge in [-0.15, -0.1) is 11.3 Å². The molecule has 2 aromatic rings. The zero-order valence-electron chi connectivity index (χ0n) is 14.5. The van der Waals surface area contributed by atoms with E-state index in [9.17, 15) is 14.4 Å². The molecule has 2 N–H and O–H groups in total. The number of nitrogens with zero attached hydrogens (tertiary/aromatic N) is 2. The molecule has 0 spiro atoms. The van der Waals surface area contributed by atoms with Gasteiger partial charge in [0, 0.05) is 20.0 Å². The lowest BCUT2D eigenvalue weighted by atomic mass is 10.2. The van der Waals surface area contributed by atoms with Gasteiger partial charge < -0.3 is 10.6 Å². The standard InChI is InChI=1S/C16H22N4O3S2/c1-10-18-15-12(4-9-25-15)16(23)20(10)7-6-17-14(22)13(5-8-24-3)19-11(2)21/h4,9,13H,5-8H2,1-3H3,(H,17,22)(H,19,21). The van der Waals surface area contributed by atoms with Gasteiger partial charge in [0.05, 0.1) is 5.39 Å². The fraction of sp³-hybridized carbons (Fsp3) is 0.500. The number of fused-ring (bicyclic) bond motifs is 1. The van der Waals surface area contributed by atoms with Gasteiger partial charge in [0.1, 0.15) is 16.7 Å². The van der Waals surface area contributed by atoms with Crippen molar-refractivity contribution in [1.82, 2.24) is 20.2 Å². The van der Waals surface area contributed by atoms with Gasteiger partial charge >= 0.3 is 0 Å². The SMILES string of the molecule is CSCCC(NC(C)=O)C(=O)NCCn1c(C)nc2sccc2c1=O. The zero-order chi connectivity index (χ0) is 18.4. The molecule has 0 saturated carbocycles. The Balaban J connectivity index is 2.00. The number of hydrogen-bond acceptors (Lipinski definition) is 6. The molecule has 0 bridgehead atoms. The molecule has 0 aliphatic carbocycles. The molecule has 1 atom stereocenters. The summed E-state index contributed by atoms with van der Waals surface area (Å²) in [6, 6.07) is 1.21. The summed E-state index contributed by atoms with van der Waals surface area (Å²) >= 11 is 3.05. The first kappa shape index (κ1) is 19.5. The van der Waals surface area contributed by atoms with Gasteiger partial charge in [-0.1, -0.05) is 0 Å². The predicted molar refractivity (Wildman–Crippen MR) is 102 cm³/mol. The Bertz CT molecular complexity index is 815. The minimum absolute atomic E-state index is 0.0983. The number of amides is 2. The number of thioether (sulfide) groups is 1. The number of aryl methyl sites for hydroxylation is 1. The highest BCUT2D eigenvalue weighted by molar-refractivity contribution is 7.98. The molecule has 0 aromatic carbocycles. The molecule has 0 aliphatic heterocycles. The summed E-state index contributed by atoms with van der Waals surface area (Å²) in [5, 5.41) is 7.89. The fourth-order valence-electron chi connectivity index (χ4n) is 2.48. The summed E-state index contributed by atoms with van der Waals surface area (Å²) in [5.74, 6) is 0.922. The lowest BCUT2D eigenvalue weighted by Gasteiger charge is -2.17. The number of carbonyl (C=O) groups is 2. The third-order valence-electron chi connectivity index (χ3n) is 3.71. The second-order valence-corrected chi connectivity index (χ2v) is 7.46. The van der Waals surface area contributed by atoms with E-state index in [1.54, 1.807) is 29.3 Å². The molecule has 2 amide bonds. The van der Waals surface area contributed by atoms with Gasteiger partial charge in [-0.25, -0.2) is 4.98 Å². The first-order valence-corrected chi connectivity index (χ1v) is 10.2. The molecule has 2 rings (SSSR count). The molecule has 7 nitrogen and oxygen atoms in total. The van der Waals surface area contributed by atoms with Crippen LogP contribution in [0.4, 0.5) is 0 Å². The molecule has 0 radical (unpaired) electrons. The zero-order valence-corrected chi connectivity index (χ0v) is 16.1. The summed E-state index contributed by atoms with van der Waals surface area (Å²) < 4.78 is 1.56. The molecular formula is C16H22N4O3S2. The van der Waals surface area contributed by atoms with Crippen LogP contribution in [0.15, 0.2) is 16.2 Å². The van der Waals surface area contributed by atoms with Crippen LogP contribution in [0.2, 0.25) is 0 Å². The number of nitrogens with one attached hydrogen (secondary N) is 2. The third-order valence-corrected chi connectivity index (χ3v) is 5.16. The maximum absolute atomic E-state index is 12.5. The van der Waals surface area contributed by atoms with Crippen molar-refractivity contribution in [3.63, 3.8) is 0 Å². The minimum atomic E-state index is -0.555. The van der Waals surface area contributed by atoms with E-state index in [4.69, 9.17) is 0 Å². The summed E-state index contributed by atoms with van der Waals surface area (Å²) in [6.07, 6.45) is 2.51. The van der Waals surface area contributed by atoms with Crippen LogP contribution in [0.5, 0.6) is 0 Å². The van der Waals surface area contributed by atoms with Crippen LogP contribution in [0.3, 0.4) is 0 Å². The molecular weight excluding hydrogens is 360 g/mol. The predicted octanol–water partition coefficient (Wildman–Crippen LogP) is 1.14. The van der Waals surface area contributed by atoms with Gasteiger partial charge in [0.25, 0.3) is 5.56 Å². The summed E-state index contributed by atoms with van der Waals surface area (Å²) in [7, 11) is 0. The Morgan fingerprint density at radius 3 is 2.88 bits per heavy atom. The van der Waals surface area contributed by atoms with E-state index >= 15 is 0 Å². The highest BCUT2D eigenvalue weighted by Crippen LogP contribution is 2.14. The van der Waals surface area contributed by atoms with E-state index in [0.717, 1.165) is 10.6 Å². The number of hydrogen-bond donors (Lipinski definition) is 2. The van der Waals surface area contributed by atoms with Crippen LogP contribution >= 0.6 is 23.1 Å². The van der Waals surface area contributed by atoms with Crippen molar-refractivity contribution in [2.24, 2.45) is 0 Å². The van der Waals surface area contributed by atoms with Crippen molar-refractivity contribution in [3.05, 3.63) is 27.6 Å². The normalized spacial score (nSPS) is 12.1. The molecule has 0 fully saturated rings. The molecule has 9 heteroatoms. The van der Waals surface area contributed by atoms with Gasteiger partial charge in [-0.05, 0) is 36.8 Å². The molecule has 2 heterocycles. The Morgan fingerprint density at radius 1 is 1.44 bits per heavy atom. The summed E-state index contributed by atoms with van der Waals surface area (Å²) in [4.78, 5) is 41.1. The first-order chi connectivity index (χ1) is 11.9. The largest absolute Gasteiger partial charge is 0.353 e. The quantitative estimate of drug-likeness (QED) is 0.714. The maximum Gasteiger partial charge on any atom is 0.262 e. The number of rotatable bonds is 8. The van der Waals surface area contributed by atoms with Crippen molar-refractivity contribution in [2.75, 3.05) is 18.6 Å². The summed E-state index contributed by atoms with van der Waals surface area (Å²) in [6.45, 7) is 3.81. The number of thiophene rings is 1. The summed E-state index contributed by atoms with van der Waals surface area (Å²) in [5.41, 5.74) is -0.0983. The van der Waals surface area contributed by atoms with Crippen LogP contribution in [-0.2, 0) is 16.1 Å². The van der Waals surface area contributed by atoms with Gasteiger partial charge in [0.2, 0.25) is 11.8 Å². The lowest BCUT2D eigenvalue weighted by molar-refractivity contribution is -0.128. The molecule has 2 aromatic heterocycles. The Labute approximate surface area is 154 Å². The molecule has 0 aliphatic rings. The monoisotopic (exact) mass is 382 g/mol. The third kappa shape index (κ3) is 5.05. The molecule has 0 saturated heterocycles. The Morgan fingerprint density at radius 2 is 2.20 bits per heavy atom. The highest BCUT2D eigenvalue weighted by atomic mass is 32.2. The van der Waals surface area contributed by atoms with Crippen LogP contribution in [0, 0.1) is 6.92 Å². The molecule has 136 valence electrons. The minimum Gasteiger partial charge on any atom is -0.353 e. The van der Waals surface area contributed by atoms with Crippen LogP contribution in [0.1, 0.15) is 19.2 Å². The van der Waals surface area contributed by atoms with Gasteiger partial charge in [-0.2, -0.15) is 11.8 Å². The van der Waals surface area contributed by atoms with E-state index in [2.05, 4.69) is 15.6 Å². The van der Waals surface area contributed by atoms with E-state index in [-0.39, 0.29) is 17.4 Å². The van der Waals surface area contributed by atoms with Crippen LogP contribution in [-0.4, -0.2) is 46.0 Å². The number of carbonyl (C=O) groups excluding carboxylic acids is 2. The Kier molecular flexibility index (Phi) is 7.01. The average molecular weight is 383 g/mol. The van der Waals surface area contributed by atoms with Crippen LogP contribution < -0.4 is 16.2 Å². The fourth-order valence-corrected chi connectivity index (χ4v) is 3.75. The lowest BCUT2D eigenvalue weighted by Crippen LogP contribution is -2.47. The highest BCUT2D eigenvalue weighted by Gasteiger charge is 2.18. The van der Waals surface area contributed by atoms with E-state index in [1.165, 1.54) is 18.3 Å². The second kappa shape index (κ2) is 9.00. The van der Waals surface area contributed by atoms with Gasteiger partial charge in [0.15, 0.2) is 0 Å². The first-order valence-electron chi connectivity index (χ1n) is 7.92. The van der Waals surface area contributed by atoms with E-state index in [1.807, 2.05) is 11.6 Å². The van der Waals surface area contributed by atoms with E-state index in [0.29, 0.717) is 30.7 Å². The van der Waals surface area contributed by atoms with Crippen LogP contribution in [0.25, 0.3) is 10.2 Å². The maximum atomic E-state index is 12.5. The van der Waals surface area contributed by atoms with Crippen molar-refractivity contribution < 1.29 is 9.59 Å². The van der Waals surface area contributed by atoms with Crippen molar-refractivity contribution in [1.29, 1.82) is 0 Å². The smallest absolute Gasteiger partial charge is 0.262 e. The second-order valence-electron chi connectivity index (χ2n) is 5.58. The molecule has 1 unspecified atom stereocenters.